The van der Waals surface area contributed by atoms with E-state index in [0.717, 1.165) is 12.0 Å². The molecule has 4 heteroatoms. The first-order valence-corrected chi connectivity index (χ1v) is 7.24. The van der Waals surface area contributed by atoms with Crippen LogP contribution in [0.3, 0.4) is 0 Å². The zero-order valence-electron chi connectivity index (χ0n) is 11.1. The molecule has 0 aliphatic heterocycles. The van der Waals surface area contributed by atoms with Gasteiger partial charge in [-0.1, -0.05) is 6.07 Å². The highest BCUT2D eigenvalue weighted by Crippen LogP contribution is 2.25. The zero-order valence-corrected chi connectivity index (χ0v) is 11.9. The Bertz CT molecular complexity index is 505. The van der Waals surface area contributed by atoms with Gasteiger partial charge in [0.2, 0.25) is 0 Å². The number of rotatable bonds is 5. The lowest BCUT2D eigenvalue weighted by Crippen LogP contribution is -2.30. The summed E-state index contributed by atoms with van der Waals surface area (Å²) in [5, 5.41) is 24.6. The van der Waals surface area contributed by atoms with E-state index in [4.69, 9.17) is 0 Å². The van der Waals surface area contributed by atoms with E-state index in [2.05, 4.69) is 29.8 Å². The van der Waals surface area contributed by atoms with Crippen molar-refractivity contribution in [2.45, 2.75) is 32.4 Å². The Morgan fingerprint density at radius 1 is 1.16 bits per heavy atom. The molecule has 0 fully saturated rings. The average molecular weight is 277 g/mol. The summed E-state index contributed by atoms with van der Waals surface area (Å²) in [6.07, 6.45) is 0.979. The number of benzene rings is 1. The molecular formula is C15H19NO2S. The van der Waals surface area contributed by atoms with Gasteiger partial charge in [-0.25, -0.2) is 0 Å². The minimum absolute atomic E-state index is 0.0768. The highest BCUT2D eigenvalue weighted by atomic mass is 32.1. The molecule has 3 nitrogen and oxygen atoms in total. The maximum absolute atomic E-state index is 9.50. The molecule has 2 atom stereocenters. The van der Waals surface area contributed by atoms with Crippen molar-refractivity contribution in [3.05, 3.63) is 46.2 Å². The van der Waals surface area contributed by atoms with E-state index in [1.54, 1.807) is 23.5 Å². The van der Waals surface area contributed by atoms with Crippen LogP contribution in [0.25, 0.3) is 0 Å². The monoisotopic (exact) mass is 277 g/mol. The number of thiophene rings is 1. The van der Waals surface area contributed by atoms with Gasteiger partial charge < -0.3 is 15.5 Å². The first-order chi connectivity index (χ1) is 9.04. The van der Waals surface area contributed by atoms with E-state index >= 15 is 0 Å². The van der Waals surface area contributed by atoms with E-state index in [9.17, 15) is 10.2 Å². The van der Waals surface area contributed by atoms with Gasteiger partial charge in [-0.05, 0) is 49.4 Å². The van der Waals surface area contributed by atoms with Gasteiger partial charge in [-0.3, -0.25) is 0 Å². The maximum atomic E-state index is 9.50. The lowest BCUT2D eigenvalue weighted by Gasteiger charge is -2.20. The summed E-state index contributed by atoms with van der Waals surface area (Å²) in [4.78, 5) is 1.35. The first-order valence-electron chi connectivity index (χ1n) is 6.36. The van der Waals surface area contributed by atoms with Crippen LogP contribution in [0.5, 0.6) is 11.5 Å². The number of phenols is 2. The molecule has 3 N–H and O–H groups in total. The minimum atomic E-state index is 0.0768. The highest BCUT2D eigenvalue weighted by Gasteiger charge is 2.12. The van der Waals surface area contributed by atoms with Crippen molar-refractivity contribution >= 4 is 11.3 Å². The topological polar surface area (TPSA) is 52.5 Å². The molecule has 102 valence electrons. The van der Waals surface area contributed by atoms with Crippen molar-refractivity contribution in [2.24, 2.45) is 0 Å². The van der Waals surface area contributed by atoms with Crippen LogP contribution in [0.1, 0.15) is 30.3 Å². The second-order valence-corrected chi connectivity index (χ2v) is 5.89. The first kappa shape index (κ1) is 13.9. The molecule has 1 aromatic heterocycles. The van der Waals surface area contributed by atoms with Gasteiger partial charge in [0.15, 0.2) is 0 Å². The highest BCUT2D eigenvalue weighted by molar-refractivity contribution is 7.09. The SMILES string of the molecule is CC(Cc1cccs1)NC(C)c1cc(O)cc(O)c1. The van der Waals surface area contributed by atoms with Crippen molar-refractivity contribution in [1.29, 1.82) is 0 Å². The smallest absolute Gasteiger partial charge is 0.119 e. The van der Waals surface area contributed by atoms with Gasteiger partial charge >= 0.3 is 0 Å². The fourth-order valence-electron chi connectivity index (χ4n) is 2.18. The van der Waals surface area contributed by atoms with Crippen LogP contribution in [-0.4, -0.2) is 16.3 Å². The molecule has 19 heavy (non-hydrogen) atoms. The van der Waals surface area contributed by atoms with Crippen LogP contribution < -0.4 is 5.32 Å². The van der Waals surface area contributed by atoms with Crippen LogP contribution in [0.15, 0.2) is 35.7 Å². The zero-order chi connectivity index (χ0) is 13.8. The van der Waals surface area contributed by atoms with Gasteiger partial charge in [-0.2, -0.15) is 0 Å². The lowest BCUT2D eigenvalue weighted by molar-refractivity contribution is 0.440. The van der Waals surface area contributed by atoms with E-state index in [-0.39, 0.29) is 17.5 Å². The molecule has 2 rings (SSSR count). The molecule has 1 aromatic carbocycles. The minimum Gasteiger partial charge on any atom is -0.508 e. The Morgan fingerprint density at radius 2 is 1.84 bits per heavy atom. The van der Waals surface area contributed by atoms with Gasteiger partial charge in [0.05, 0.1) is 0 Å². The van der Waals surface area contributed by atoms with Crippen LogP contribution in [0.4, 0.5) is 0 Å². The van der Waals surface area contributed by atoms with Gasteiger partial charge in [-0.15, -0.1) is 11.3 Å². The Kier molecular flexibility index (Phi) is 4.45. The third-order valence-electron chi connectivity index (χ3n) is 3.05. The number of aromatic hydroxyl groups is 2. The molecule has 0 saturated heterocycles. The largest absolute Gasteiger partial charge is 0.508 e. The fraction of sp³-hybridized carbons (Fsp3) is 0.333. The number of hydrogen-bond acceptors (Lipinski definition) is 4. The molecular weight excluding hydrogens is 258 g/mol. The molecule has 0 radical (unpaired) electrons. The van der Waals surface area contributed by atoms with Gasteiger partial charge in [0.25, 0.3) is 0 Å². The molecule has 0 aliphatic rings. The van der Waals surface area contributed by atoms with Crippen LogP contribution >= 0.6 is 11.3 Å². The predicted octanol–water partition coefficient (Wildman–Crippen LogP) is 3.44. The summed E-state index contributed by atoms with van der Waals surface area (Å²) in [5.74, 6) is 0.184. The van der Waals surface area contributed by atoms with E-state index in [0.29, 0.717) is 6.04 Å². The van der Waals surface area contributed by atoms with Crippen molar-refractivity contribution in [3.63, 3.8) is 0 Å². The molecule has 0 bridgehead atoms. The molecule has 1 heterocycles. The molecule has 2 unspecified atom stereocenters. The van der Waals surface area contributed by atoms with Crippen molar-refractivity contribution in [1.82, 2.24) is 5.32 Å². The van der Waals surface area contributed by atoms with Crippen molar-refractivity contribution in [3.8, 4) is 11.5 Å². The number of hydrogen-bond donors (Lipinski definition) is 3. The van der Waals surface area contributed by atoms with E-state index in [1.807, 2.05) is 6.92 Å². The third-order valence-corrected chi connectivity index (χ3v) is 3.95. The Balaban J connectivity index is 1.98. The average Bonchev–Trinajstić information content (AvgIpc) is 2.80. The van der Waals surface area contributed by atoms with Crippen LogP contribution in [0.2, 0.25) is 0 Å². The molecule has 0 saturated carbocycles. The Morgan fingerprint density at radius 3 is 2.42 bits per heavy atom. The van der Waals surface area contributed by atoms with Crippen molar-refractivity contribution < 1.29 is 10.2 Å². The van der Waals surface area contributed by atoms with E-state index < -0.39 is 0 Å². The lowest BCUT2D eigenvalue weighted by atomic mass is 10.1. The second-order valence-electron chi connectivity index (χ2n) is 4.86. The standard InChI is InChI=1S/C15H19NO2S/c1-10(6-15-4-3-5-19-15)16-11(2)12-7-13(17)9-14(18)8-12/h3-5,7-11,16-18H,6H2,1-2H3. The maximum Gasteiger partial charge on any atom is 0.119 e. The number of nitrogens with one attached hydrogen (secondary N) is 1. The predicted molar refractivity (Wildman–Crippen MR) is 78.8 cm³/mol. The summed E-state index contributed by atoms with van der Waals surface area (Å²) in [6.45, 7) is 4.16. The third kappa shape index (κ3) is 3.98. The molecule has 0 aliphatic carbocycles. The molecule has 2 aromatic rings. The number of phenolic OH excluding ortho intramolecular Hbond substituents is 2. The van der Waals surface area contributed by atoms with Crippen LogP contribution in [-0.2, 0) is 6.42 Å². The Labute approximate surface area is 117 Å². The molecule has 0 amide bonds. The molecule has 0 spiro atoms. The second kappa shape index (κ2) is 6.08. The fourth-order valence-corrected chi connectivity index (χ4v) is 3.02. The normalized spacial score (nSPS) is 14.2. The van der Waals surface area contributed by atoms with Gasteiger partial charge in [0.1, 0.15) is 11.5 Å². The van der Waals surface area contributed by atoms with Crippen molar-refractivity contribution in [2.75, 3.05) is 0 Å². The summed E-state index contributed by atoms with van der Waals surface area (Å²) < 4.78 is 0. The van der Waals surface area contributed by atoms with Gasteiger partial charge in [0, 0.05) is 23.0 Å². The summed E-state index contributed by atoms with van der Waals surface area (Å²) in [5.41, 5.74) is 0.885. The van der Waals surface area contributed by atoms with Crippen LogP contribution in [0, 0.1) is 0 Å². The Hall–Kier alpha value is -1.52. The summed E-state index contributed by atoms with van der Waals surface area (Å²) in [7, 11) is 0. The van der Waals surface area contributed by atoms with E-state index in [1.165, 1.54) is 10.9 Å². The summed E-state index contributed by atoms with van der Waals surface area (Å²) in [6, 6.07) is 9.29. The quantitative estimate of drug-likeness (QED) is 0.784. The summed E-state index contributed by atoms with van der Waals surface area (Å²) >= 11 is 1.76.